The fourth-order valence-corrected chi connectivity index (χ4v) is 2.77. The molecule has 0 aliphatic heterocycles. The normalized spacial score (nSPS) is 10.8. The molecule has 3 aromatic rings. The third-order valence-electron chi connectivity index (χ3n) is 3.35. The highest BCUT2D eigenvalue weighted by Gasteiger charge is 2.07. The molecule has 2 aromatic carbocycles. The van der Waals surface area contributed by atoms with E-state index in [1.807, 2.05) is 66.2 Å². The van der Waals surface area contributed by atoms with Crippen LogP contribution in [0.4, 0.5) is 5.69 Å². The lowest BCUT2D eigenvalue weighted by atomic mass is 10.2. The molecule has 21 heavy (non-hydrogen) atoms. The molecular weight excluding hydrogens is 328 g/mol. The van der Waals surface area contributed by atoms with Gasteiger partial charge in [-0.05, 0) is 48.9 Å². The zero-order valence-corrected chi connectivity index (χ0v) is 13.2. The van der Waals surface area contributed by atoms with E-state index in [1.165, 1.54) is 0 Å². The summed E-state index contributed by atoms with van der Waals surface area (Å²) in [6.07, 6.45) is 1.94. The fourth-order valence-electron chi connectivity index (χ4n) is 2.39. The minimum absolute atomic E-state index is 0.0268. The van der Waals surface area contributed by atoms with Crippen molar-refractivity contribution in [2.75, 3.05) is 5.32 Å². The molecule has 0 aliphatic carbocycles. The van der Waals surface area contributed by atoms with Crippen LogP contribution in [0.25, 0.3) is 10.9 Å². The van der Waals surface area contributed by atoms with E-state index >= 15 is 0 Å². The third kappa shape index (κ3) is 3.16. The first-order chi connectivity index (χ1) is 10.1. The van der Waals surface area contributed by atoms with E-state index in [0.29, 0.717) is 6.54 Å². The molecule has 3 rings (SSSR count). The number of hydrogen-bond donors (Lipinski definition) is 1. The zero-order valence-electron chi connectivity index (χ0n) is 11.6. The number of hydrogen-bond acceptors (Lipinski definition) is 1. The lowest BCUT2D eigenvalue weighted by molar-refractivity contribution is -0.116. The highest BCUT2D eigenvalue weighted by Crippen LogP contribution is 2.21. The molecule has 0 bridgehead atoms. The number of rotatable bonds is 3. The van der Waals surface area contributed by atoms with Crippen LogP contribution in [-0.4, -0.2) is 10.5 Å². The number of halogens is 1. The molecule has 0 atom stereocenters. The van der Waals surface area contributed by atoms with Crippen LogP contribution in [0.3, 0.4) is 0 Å². The summed E-state index contributed by atoms with van der Waals surface area (Å²) in [5, 5.41) is 4.05. The zero-order chi connectivity index (χ0) is 14.8. The van der Waals surface area contributed by atoms with E-state index in [4.69, 9.17) is 0 Å². The maximum Gasteiger partial charge on any atom is 0.244 e. The van der Waals surface area contributed by atoms with Crippen molar-refractivity contribution in [2.45, 2.75) is 13.5 Å². The average molecular weight is 343 g/mol. The second-order valence-corrected chi connectivity index (χ2v) is 5.98. The molecule has 4 heteroatoms. The summed E-state index contributed by atoms with van der Waals surface area (Å²) in [4.78, 5) is 12.2. The maximum atomic E-state index is 12.2. The molecule has 0 aliphatic rings. The monoisotopic (exact) mass is 342 g/mol. The van der Waals surface area contributed by atoms with Crippen molar-refractivity contribution in [3.05, 3.63) is 64.8 Å². The van der Waals surface area contributed by atoms with Gasteiger partial charge in [-0.1, -0.05) is 28.1 Å². The van der Waals surface area contributed by atoms with Gasteiger partial charge in [0.2, 0.25) is 5.91 Å². The molecule has 106 valence electrons. The van der Waals surface area contributed by atoms with Crippen LogP contribution in [0.1, 0.15) is 5.56 Å². The summed E-state index contributed by atoms with van der Waals surface area (Å²) in [7, 11) is 0. The van der Waals surface area contributed by atoms with Crippen molar-refractivity contribution in [3.63, 3.8) is 0 Å². The summed E-state index contributed by atoms with van der Waals surface area (Å²) in [6, 6.07) is 15.9. The van der Waals surface area contributed by atoms with Crippen LogP contribution >= 0.6 is 15.9 Å². The van der Waals surface area contributed by atoms with Crippen LogP contribution in [-0.2, 0) is 11.3 Å². The van der Waals surface area contributed by atoms with Gasteiger partial charge in [-0.25, -0.2) is 0 Å². The Morgan fingerprint density at radius 1 is 1.19 bits per heavy atom. The Morgan fingerprint density at radius 3 is 2.86 bits per heavy atom. The average Bonchev–Trinajstić information content (AvgIpc) is 2.81. The molecule has 1 N–H and O–H groups in total. The highest BCUT2D eigenvalue weighted by atomic mass is 79.9. The number of fused-ring (bicyclic) bond motifs is 1. The first-order valence-electron chi connectivity index (χ1n) is 6.73. The van der Waals surface area contributed by atoms with Gasteiger partial charge in [0.05, 0.1) is 0 Å². The lowest BCUT2D eigenvalue weighted by Crippen LogP contribution is -2.18. The number of benzene rings is 2. The van der Waals surface area contributed by atoms with Crippen molar-refractivity contribution in [3.8, 4) is 0 Å². The first kappa shape index (κ1) is 13.9. The minimum atomic E-state index is -0.0268. The Hall–Kier alpha value is -2.07. The first-order valence-corrected chi connectivity index (χ1v) is 7.52. The van der Waals surface area contributed by atoms with E-state index in [2.05, 4.69) is 21.2 Å². The van der Waals surface area contributed by atoms with Crippen molar-refractivity contribution < 1.29 is 4.79 Å². The molecule has 0 fully saturated rings. The molecule has 0 unspecified atom stereocenters. The molecule has 3 nitrogen and oxygen atoms in total. The van der Waals surface area contributed by atoms with Crippen LogP contribution in [0.15, 0.2) is 59.2 Å². The van der Waals surface area contributed by atoms with Crippen LogP contribution < -0.4 is 5.32 Å². The second-order valence-electron chi connectivity index (χ2n) is 5.06. The smallest absolute Gasteiger partial charge is 0.244 e. The summed E-state index contributed by atoms with van der Waals surface area (Å²) in [6.45, 7) is 2.31. The second kappa shape index (κ2) is 5.74. The van der Waals surface area contributed by atoms with E-state index in [1.54, 1.807) is 0 Å². The standard InChI is InChI=1S/C17H15BrN2O/c1-12-3-2-4-15(9-12)19-17(21)11-20-8-7-13-10-14(18)5-6-16(13)20/h2-10H,11H2,1H3,(H,19,21). The maximum absolute atomic E-state index is 12.2. The van der Waals surface area contributed by atoms with E-state index in [-0.39, 0.29) is 5.91 Å². The van der Waals surface area contributed by atoms with Crippen molar-refractivity contribution >= 4 is 38.4 Å². The summed E-state index contributed by atoms with van der Waals surface area (Å²) >= 11 is 3.45. The lowest BCUT2D eigenvalue weighted by Gasteiger charge is -2.08. The van der Waals surface area contributed by atoms with Crippen LogP contribution in [0.5, 0.6) is 0 Å². The van der Waals surface area contributed by atoms with Crippen LogP contribution in [0, 0.1) is 6.92 Å². The van der Waals surface area contributed by atoms with Gasteiger partial charge in [0.25, 0.3) is 0 Å². The Labute approximate surface area is 131 Å². The predicted octanol–water partition coefficient (Wildman–Crippen LogP) is 4.35. The van der Waals surface area contributed by atoms with Gasteiger partial charge in [0, 0.05) is 27.3 Å². The number of carbonyl (C=O) groups is 1. The summed E-state index contributed by atoms with van der Waals surface area (Å²) < 4.78 is 2.99. The van der Waals surface area contributed by atoms with Gasteiger partial charge in [0.15, 0.2) is 0 Å². The number of carbonyl (C=O) groups excluding carboxylic acids is 1. The molecule has 0 saturated carbocycles. The van der Waals surface area contributed by atoms with Crippen molar-refractivity contribution in [2.24, 2.45) is 0 Å². The number of nitrogens with one attached hydrogen (secondary N) is 1. The number of amides is 1. The Kier molecular flexibility index (Phi) is 3.80. The van der Waals surface area contributed by atoms with E-state index in [0.717, 1.165) is 26.6 Å². The molecule has 1 amide bonds. The molecule has 0 saturated heterocycles. The summed E-state index contributed by atoms with van der Waals surface area (Å²) in [5.74, 6) is -0.0268. The van der Waals surface area contributed by atoms with Gasteiger partial charge < -0.3 is 9.88 Å². The number of aromatic nitrogens is 1. The highest BCUT2D eigenvalue weighted by molar-refractivity contribution is 9.10. The van der Waals surface area contributed by atoms with Crippen molar-refractivity contribution in [1.29, 1.82) is 0 Å². The largest absolute Gasteiger partial charge is 0.338 e. The van der Waals surface area contributed by atoms with Crippen molar-refractivity contribution in [1.82, 2.24) is 4.57 Å². The van der Waals surface area contributed by atoms with Gasteiger partial charge in [-0.2, -0.15) is 0 Å². The fraction of sp³-hybridized carbons (Fsp3) is 0.118. The number of aryl methyl sites for hydroxylation is 1. The van der Waals surface area contributed by atoms with Gasteiger partial charge >= 0.3 is 0 Å². The molecule has 0 spiro atoms. The van der Waals surface area contributed by atoms with Gasteiger partial charge in [-0.3, -0.25) is 4.79 Å². The Morgan fingerprint density at radius 2 is 2.05 bits per heavy atom. The quantitative estimate of drug-likeness (QED) is 0.754. The Bertz CT molecular complexity index is 807. The topological polar surface area (TPSA) is 34.0 Å². The number of nitrogens with zero attached hydrogens (tertiary/aromatic N) is 1. The van der Waals surface area contributed by atoms with Gasteiger partial charge in [-0.15, -0.1) is 0 Å². The van der Waals surface area contributed by atoms with E-state index < -0.39 is 0 Å². The predicted molar refractivity (Wildman–Crippen MR) is 89.4 cm³/mol. The molecule has 1 aromatic heterocycles. The Balaban J connectivity index is 1.77. The van der Waals surface area contributed by atoms with E-state index in [9.17, 15) is 4.79 Å². The minimum Gasteiger partial charge on any atom is -0.338 e. The SMILES string of the molecule is Cc1cccc(NC(=O)Cn2ccc3cc(Br)ccc32)c1. The number of anilines is 1. The third-order valence-corrected chi connectivity index (χ3v) is 3.84. The molecule has 1 heterocycles. The molecular formula is C17H15BrN2O. The van der Waals surface area contributed by atoms with Crippen LogP contribution in [0.2, 0.25) is 0 Å². The van der Waals surface area contributed by atoms with Gasteiger partial charge in [0.1, 0.15) is 6.54 Å². The summed E-state index contributed by atoms with van der Waals surface area (Å²) in [5.41, 5.74) is 3.01. The molecule has 0 radical (unpaired) electrons.